The predicted octanol–water partition coefficient (Wildman–Crippen LogP) is 2.65. The van der Waals surface area contributed by atoms with E-state index < -0.39 is 17.4 Å². The fourth-order valence-corrected chi connectivity index (χ4v) is 2.63. The first-order valence-corrected chi connectivity index (χ1v) is 7.21. The molecule has 3 N–H and O–H groups in total. The number of rotatable bonds is 5. The summed E-state index contributed by atoms with van der Waals surface area (Å²) in [5.74, 6) is -0.363. The van der Waals surface area contributed by atoms with Gasteiger partial charge < -0.3 is 20.5 Å². The monoisotopic (exact) mass is 296 g/mol. The van der Waals surface area contributed by atoms with Crippen LogP contribution in [0, 0.1) is 5.82 Å². The molecule has 21 heavy (non-hydrogen) atoms. The minimum Gasteiger partial charge on any atom is -0.491 e. The first kappa shape index (κ1) is 15.6. The molecule has 0 spiro atoms. The van der Waals surface area contributed by atoms with Crippen LogP contribution in [0.15, 0.2) is 18.2 Å². The van der Waals surface area contributed by atoms with E-state index >= 15 is 0 Å². The second-order valence-electron chi connectivity index (χ2n) is 5.30. The van der Waals surface area contributed by atoms with E-state index in [0.29, 0.717) is 12.3 Å². The molecule has 1 saturated carbocycles. The summed E-state index contributed by atoms with van der Waals surface area (Å²) in [6.45, 7) is 2.07. The highest BCUT2D eigenvalue weighted by Crippen LogP contribution is 2.29. The minimum absolute atomic E-state index is 0.0853. The van der Waals surface area contributed by atoms with Crippen LogP contribution in [0.1, 0.15) is 32.6 Å². The molecule has 6 heteroatoms. The fourth-order valence-electron chi connectivity index (χ4n) is 2.63. The maximum absolute atomic E-state index is 13.7. The molecule has 2 rings (SSSR count). The van der Waals surface area contributed by atoms with Crippen molar-refractivity contribution in [1.82, 2.24) is 5.32 Å². The summed E-state index contributed by atoms with van der Waals surface area (Å²) in [5.41, 5.74) is -0.201. The largest absolute Gasteiger partial charge is 0.491 e. The molecule has 0 saturated heterocycles. The molecule has 1 aromatic carbocycles. The van der Waals surface area contributed by atoms with Crippen LogP contribution >= 0.6 is 0 Å². The highest BCUT2D eigenvalue weighted by atomic mass is 19.1. The number of nitrogens with one attached hydrogen (secondary N) is 2. The number of carbonyl (C=O) groups excluding carboxylic acids is 1. The van der Waals surface area contributed by atoms with Gasteiger partial charge in [-0.05, 0) is 31.9 Å². The number of halogens is 1. The zero-order chi connectivity index (χ0) is 15.3. The molecule has 0 bridgehead atoms. The third kappa shape index (κ3) is 3.85. The van der Waals surface area contributed by atoms with Gasteiger partial charge in [0.15, 0.2) is 11.6 Å². The van der Waals surface area contributed by atoms with E-state index in [-0.39, 0.29) is 12.4 Å². The van der Waals surface area contributed by atoms with Crippen LogP contribution in [0.2, 0.25) is 0 Å². The van der Waals surface area contributed by atoms with Crippen molar-refractivity contribution in [3.8, 4) is 5.75 Å². The van der Waals surface area contributed by atoms with Gasteiger partial charge in [0.25, 0.3) is 0 Å². The maximum Gasteiger partial charge on any atom is 0.319 e. The average molecular weight is 296 g/mol. The van der Waals surface area contributed by atoms with Crippen molar-refractivity contribution in [3.05, 3.63) is 24.0 Å². The molecular weight excluding hydrogens is 275 g/mol. The van der Waals surface area contributed by atoms with E-state index in [1.165, 1.54) is 12.1 Å². The molecule has 0 aromatic heterocycles. The van der Waals surface area contributed by atoms with E-state index in [1.54, 1.807) is 13.0 Å². The molecular formula is C15H21FN2O3. The smallest absolute Gasteiger partial charge is 0.319 e. The molecule has 2 amide bonds. The van der Waals surface area contributed by atoms with Crippen LogP contribution in [0.25, 0.3) is 0 Å². The lowest BCUT2D eigenvalue weighted by molar-refractivity contribution is 0.167. The van der Waals surface area contributed by atoms with Crippen LogP contribution < -0.4 is 15.4 Å². The lowest BCUT2D eigenvalue weighted by Crippen LogP contribution is -2.50. The van der Waals surface area contributed by atoms with Crippen molar-refractivity contribution in [2.45, 2.75) is 38.1 Å². The Bertz CT molecular complexity index is 502. The van der Waals surface area contributed by atoms with Crippen molar-refractivity contribution in [1.29, 1.82) is 0 Å². The Hall–Kier alpha value is -1.82. The molecule has 1 aliphatic carbocycles. The Kier molecular flexibility index (Phi) is 5.01. The predicted molar refractivity (Wildman–Crippen MR) is 78.0 cm³/mol. The normalized spacial score (nSPS) is 16.5. The summed E-state index contributed by atoms with van der Waals surface area (Å²) < 4.78 is 18.8. The van der Waals surface area contributed by atoms with Gasteiger partial charge in [-0.15, -0.1) is 0 Å². The molecule has 0 atom stereocenters. The number of urea groups is 1. The Morgan fingerprint density at radius 3 is 2.71 bits per heavy atom. The zero-order valence-electron chi connectivity index (χ0n) is 12.1. The third-order valence-electron chi connectivity index (χ3n) is 3.73. The Labute approximate surface area is 123 Å². The Morgan fingerprint density at radius 2 is 2.14 bits per heavy atom. The number of hydrogen-bond donors (Lipinski definition) is 3. The van der Waals surface area contributed by atoms with E-state index in [1.807, 2.05) is 0 Å². The highest BCUT2D eigenvalue weighted by molar-refractivity contribution is 5.89. The lowest BCUT2D eigenvalue weighted by Gasteiger charge is -2.28. The summed E-state index contributed by atoms with van der Waals surface area (Å²) in [4.78, 5) is 12.0. The number of carbonyl (C=O) groups is 1. The third-order valence-corrected chi connectivity index (χ3v) is 3.73. The van der Waals surface area contributed by atoms with Gasteiger partial charge in [-0.25, -0.2) is 9.18 Å². The fraction of sp³-hybridized carbons (Fsp3) is 0.533. The van der Waals surface area contributed by atoms with E-state index in [9.17, 15) is 14.3 Å². The number of aliphatic hydroxyl groups is 1. The standard InChI is InChI=1S/C15H21FN2O3/c1-2-21-13-6-5-11(9-12(13)16)17-14(20)18-15(10-19)7-3-4-8-15/h5-6,9,19H,2-4,7-8,10H2,1H3,(H2,17,18,20). The zero-order valence-corrected chi connectivity index (χ0v) is 12.1. The number of aliphatic hydroxyl groups excluding tert-OH is 1. The topological polar surface area (TPSA) is 70.6 Å². The van der Waals surface area contributed by atoms with Crippen LogP contribution in [0.4, 0.5) is 14.9 Å². The van der Waals surface area contributed by atoms with Crippen LogP contribution in [-0.2, 0) is 0 Å². The van der Waals surface area contributed by atoms with Crippen LogP contribution in [-0.4, -0.2) is 29.9 Å². The van der Waals surface area contributed by atoms with Gasteiger partial charge in [-0.2, -0.15) is 0 Å². The molecule has 0 aliphatic heterocycles. The number of hydrogen-bond acceptors (Lipinski definition) is 3. The van der Waals surface area contributed by atoms with Gasteiger partial charge in [-0.3, -0.25) is 0 Å². The number of anilines is 1. The molecule has 1 fully saturated rings. The second kappa shape index (κ2) is 6.76. The SMILES string of the molecule is CCOc1ccc(NC(=O)NC2(CO)CCCC2)cc1F. The maximum atomic E-state index is 13.7. The second-order valence-corrected chi connectivity index (χ2v) is 5.30. The average Bonchev–Trinajstić information content (AvgIpc) is 2.91. The van der Waals surface area contributed by atoms with Crippen LogP contribution in [0.5, 0.6) is 5.75 Å². The summed E-state index contributed by atoms with van der Waals surface area (Å²) in [6, 6.07) is 3.83. The van der Waals surface area contributed by atoms with Gasteiger partial charge >= 0.3 is 6.03 Å². The van der Waals surface area contributed by atoms with Crippen molar-refractivity contribution >= 4 is 11.7 Å². The van der Waals surface area contributed by atoms with Crippen molar-refractivity contribution < 1.29 is 19.0 Å². The van der Waals surface area contributed by atoms with Crippen molar-refractivity contribution in [3.63, 3.8) is 0 Å². The first-order chi connectivity index (χ1) is 10.1. The Balaban J connectivity index is 1.97. The van der Waals surface area contributed by atoms with Gasteiger partial charge in [0, 0.05) is 11.8 Å². The highest BCUT2D eigenvalue weighted by Gasteiger charge is 2.34. The Morgan fingerprint density at radius 1 is 1.43 bits per heavy atom. The minimum atomic E-state index is -0.548. The number of benzene rings is 1. The summed E-state index contributed by atoms with van der Waals surface area (Å²) in [6.07, 6.45) is 3.49. The van der Waals surface area contributed by atoms with Gasteiger partial charge in [0.05, 0.1) is 18.8 Å². The van der Waals surface area contributed by atoms with Gasteiger partial charge in [-0.1, -0.05) is 12.8 Å². The van der Waals surface area contributed by atoms with Gasteiger partial charge in [0.1, 0.15) is 0 Å². The molecule has 0 heterocycles. The molecule has 5 nitrogen and oxygen atoms in total. The van der Waals surface area contributed by atoms with E-state index in [0.717, 1.165) is 25.7 Å². The van der Waals surface area contributed by atoms with Crippen molar-refractivity contribution in [2.75, 3.05) is 18.5 Å². The van der Waals surface area contributed by atoms with Crippen molar-refractivity contribution in [2.24, 2.45) is 0 Å². The summed E-state index contributed by atoms with van der Waals surface area (Å²) in [7, 11) is 0. The summed E-state index contributed by atoms with van der Waals surface area (Å²) >= 11 is 0. The first-order valence-electron chi connectivity index (χ1n) is 7.21. The van der Waals surface area contributed by atoms with Crippen LogP contribution in [0.3, 0.4) is 0 Å². The summed E-state index contributed by atoms with van der Waals surface area (Å²) in [5, 5.41) is 14.8. The molecule has 1 aliphatic rings. The molecule has 0 unspecified atom stereocenters. The van der Waals surface area contributed by atoms with Gasteiger partial charge in [0.2, 0.25) is 0 Å². The molecule has 0 radical (unpaired) electrons. The number of ether oxygens (including phenoxy) is 1. The molecule has 1 aromatic rings. The van der Waals surface area contributed by atoms with E-state index in [4.69, 9.17) is 4.74 Å². The lowest BCUT2D eigenvalue weighted by atomic mass is 9.99. The number of amides is 2. The molecule has 116 valence electrons. The quantitative estimate of drug-likeness (QED) is 0.782. The van der Waals surface area contributed by atoms with E-state index in [2.05, 4.69) is 10.6 Å².